The van der Waals surface area contributed by atoms with E-state index >= 15 is 0 Å². The summed E-state index contributed by atoms with van der Waals surface area (Å²) in [5.41, 5.74) is -0.159. The van der Waals surface area contributed by atoms with Crippen molar-refractivity contribution in [2.45, 2.75) is 32.3 Å². The molecule has 1 aromatic rings. The first-order valence-electron chi connectivity index (χ1n) is 4.95. The summed E-state index contributed by atoms with van der Waals surface area (Å²) in [4.78, 5) is 10.8. The van der Waals surface area contributed by atoms with Crippen LogP contribution in [0.5, 0.6) is 0 Å². The minimum atomic E-state index is -1.56. The van der Waals surface area contributed by atoms with Crippen molar-refractivity contribution in [3.05, 3.63) is 35.1 Å². The molecule has 1 rings (SSSR count). The Morgan fingerprint density at radius 2 is 2.00 bits per heavy atom. The van der Waals surface area contributed by atoms with Gasteiger partial charge in [0.25, 0.3) is 0 Å². The molecule has 0 aliphatic carbocycles. The molecule has 0 aliphatic rings. The number of aliphatic carboxylic acids is 1. The number of rotatable bonds is 3. The van der Waals surface area contributed by atoms with Crippen LogP contribution >= 0.6 is 0 Å². The van der Waals surface area contributed by atoms with Crippen LogP contribution in [0, 0.1) is 12.7 Å². The number of carboxylic acids is 1. The molecule has 0 aromatic heterocycles. The van der Waals surface area contributed by atoms with Gasteiger partial charge in [-0.1, -0.05) is 26.0 Å². The first kappa shape index (κ1) is 12.6. The third-order valence-corrected chi connectivity index (χ3v) is 2.88. The normalized spacial score (nSPS) is 13.6. The number of aliphatic hydroxyl groups is 1. The van der Waals surface area contributed by atoms with E-state index in [0.717, 1.165) is 0 Å². The van der Waals surface area contributed by atoms with Crippen molar-refractivity contribution >= 4 is 5.97 Å². The van der Waals surface area contributed by atoms with Gasteiger partial charge in [-0.05, 0) is 24.1 Å². The fourth-order valence-electron chi connectivity index (χ4n) is 1.76. The lowest BCUT2D eigenvalue weighted by atomic mass is 9.77. The smallest absolute Gasteiger partial charge is 0.333 e. The lowest BCUT2D eigenvalue weighted by Gasteiger charge is -2.29. The van der Waals surface area contributed by atoms with Gasteiger partial charge in [0.1, 0.15) is 5.82 Å². The summed E-state index contributed by atoms with van der Waals surface area (Å²) < 4.78 is 13.3. The summed E-state index contributed by atoms with van der Waals surface area (Å²) in [5.74, 6) is -1.71. The number of halogens is 1. The molecule has 1 unspecified atom stereocenters. The number of carboxylic acid groups (broad SMARTS) is 1. The summed E-state index contributed by atoms with van der Waals surface area (Å²) >= 11 is 0. The van der Waals surface area contributed by atoms with Crippen LogP contribution in [-0.4, -0.2) is 22.3 Å². The molecule has 1 aromatic carbocycles. The number of benzene rings is 1. The molecule has 0 amide bonds. The van der Waals surface area contributed by atoms with Crippen LogP contribution in [0.2, 0.25) is 0 Å². The molecule has 16 heavy (non-hydrogen) atoms. The summed E-state index contributed by atoms with van der Waals surface area (Å²) in [6.07, 6.45) is -1.56. The Morgan fingerprint density at radius 3 is 2.50 bits per heavy atom. The Kier molecular flexibility index (Phi) is 3.33. The fraction of sp³-hybridized carbons (Fsp3) is 0.417. The van der Waals surface area contributed by atoms with Crippen molar-refractivity contribution in [2.24, 2.45) is 0 Å². The zero-order valence-electron chi connectivity index (χ0n) is 9.49. The molecule has 0 saturated heterocycles. The van der Waals surface area contributed by atoms with Crippen LogP contribution in [0.1, 0.15) is 25.0 Å². The molecule has 88 valence electrons. The standard InChI is InChI=1S/C12H15FO3/c1-7-8(5-4-6-9(7)13)12(2,3)10(14)11(15)16/h4-6,10,14H,1-3H3,(H,15,16). The van der Waals surface area contributed by atoms with Crippen molar-refractivity contribution in [3.8, 4) is 0 Å². The average molecular weight is 226 g/mol. The summed E-state index contributed by atoms with van der Waals surface area (Å²) in [6, 6.07) is 4.45. The second-order valence-electron chi connectivity index (χ2n) is 4.37. The molecule has 1 atom stereocenters. The Balaban J connectivity index is 3.26. The van der Waals surface area contributed by atoms with E-state index in [0.29, 0.717) is 11.1 Å². The largest absolute Gasteiger partial charge is 0.479 e. The van der Waals surface area contributed by atoms with Crippen LogP contribution in [0.15, 0.2) is 18.2 Å². The van der Waals surface area contributed by atoms with Crippen molar-refractivity contribution in [1.82, 2.24) is 0 Å². The van der Waals surface area contributed by atoms with E-state index in [1.165, 1.54) is 12.1 Å². The van der Waals surface area contributed by atoms with Crippen LogP contribution in [0.25, 0.3) is 0 Å². The lowest BCUT2D eigenvalue weighted by Crippen LogP contribution is -2.40. The minimum Gasteiger partial charge on any atom is -0.479 e. The Labute approximate surface area is 93.5 Å². The van der Waals surface area contributed by atoms with Gasteiger partial charge < -0.3 is 10.2 Å². The number of hydrogen-bond donors (Lipinski definition) is 2. The molecule has 0 fully saturated rings. The number of aliphatic hydroxyl groups excluding tert-OH is 1. The van der Waals surface area contributed by atoms with E-state index in [-0.39, 0.29) is 0 Å². The highest BCUT2D eigenvalue weighted by atomic mass is 19.1. The molecular formula is C12H15FO3. The Bertz CT molecular complexity index is 413. The molecule has 0 heterocycles. The zero-order valence-corrected chi connectivity index (χ0v) is 9.49. The van der Waals surface area contributed by atoms with Gasteiger partial charge in [-0.25, -0.2) is 9.18 Å². The van der Waals surface area contributed by atoms with Gasteiger partial charge in [-0.3, -0.25) is 0 Å². The molecule has 0 spiro atoms. The molecule has 0 bridgehead atoms. The van der Waals surface area contributed by atoms with Crippen LogP contribution in [-0.2, 0) is 10.2 Å². The number of carbonyl (C=O) groups is 1. The molecule has 0 saturated carbocycles. The number of hydrogen-bond acceptors (Lipinski definition) is 2. The van der Waals surface area contributed by atoms with Gasteiger partial charge in [0, 0.05) is 5.41 Å². The summed E-state index contributed by atoms with van der Waals surface area (Å²) in [5, 5.41) is 18.4. The maximum Gasteiger partial charge on any atom is 0.333 e. The van der Waals surface area contributed by atoms with Crippen LogP contribution < -0.4 is 0 Å². The highest BCUT2D eigenvalue weighted by Gasteiger charge is 2.36. The van der Waals surface area contributed by atoms with Crippen molar-refractivity contribution in [3.63, 3.8) is 0 Å². The highest BCUT2D eigenvalue weighted by molar-refractivity contribution is 5.74. The quantitative estimate of drug-likeness (QED) is 0.827. The second-order valence-corrected chi connectivity index (χ2v) is 4.37. The monoisotopic (exact) mass is 226 g/mol. The highest BCUT2D eigenvalue weighted by Crippen LogP contribution is 2.30. The fourth-order valence-corrected chi connectivity index (χ4v) is 1.76. The van der Waals surface area contributed by atoms with Crippen LogP contribution in [0.3, 0.4) is 0 Å². The van der Waals surface area contributed by atoms with E-state index < -0.39 is 23.3 Å². The van der Waals surface area contributed by atoms with Crippen molar-refractivity contribution in [2.75, 3.05) is 0 Å². The Morgan fingerprint density at radius 1 is 1.44 bits per heavy atom. The first-order chi connectivity index (χ1) is 7.28. The first-order valence-corrected chi connectivity index (χ1v) is 4.95. The molecule has 2 N–H and O–H groups in total. The predicted octanol–water partition coefficient (Wildman–Crippen LogP) is 1.86. The van der Waals surface area contributed by atoms with Gasteiger partial charge >= 0.3 is 5.97 Å². The summed E-state index contributed by atoms with van der Waals surface area (Å²) in [7, 11) is 0. The SMILES string of the molecule is Cc1c(F)cccc1C(C)(C)C(O)C(=O)O. The zero-order chi connectivity index (χ0) is 12.5. The second kappa shape index (κ2) is 4.22. The third kappa shape index (κ3) is 2.07. The molecular weight excluding hydrogens is 211 g/mol. The predicted molar refractivity (Wildman–Crippen MR) is 57.8 cm³/mol. The van der Waals surface area contributed by atoms with Crippen molar-refractivity contribution < 1.29 is 19.4 Å². The van der Waals surface area contributed by atoms with E-state index in [2.05, 4.69) is 0 Å². The maximum atomic E-state index is 13.3. The van der Waals surface area contributed by atoms with E-state index in [9.17, 15) is 14.3 Å². The molecule has 0 radical (unpaired) electrons. The van der Waals surface area contributed by atoms with E-state index in [1.807, 2.05) is 0 Å². The minimum absolute atomic E-state index is 0.368. The average Bonchev–Trinajstić information content (AvgIpc) is 2.20. The van der Waals surface area contributed by atoms with E-state index in [1.54, 1.807) is 26.8 Å². The molecule has 0 aliphatic heterocycles. The summed E-state index contributed by atoms with van der Waals surface area (Å²) in [6.45, 7) is 4.72. The van der Waals surface area contributed by atoms with Crippen molar-refractivity contribution in [1.29, 1.82) is 0 Å². The van der Waals surface area contributed by atoms with Gasteiger partial charge in [0.05, 0.1) is 0 Å². The van der Waals surface area contributed by atoms with Gasteiger partial charge in [-0.15, -0.1) is 0 Å². The molecule has 4 heteroatoms. The topological polar surface area (TPSA) is 57.5 Å². The van der Waals surface area contributed by atoms with Gasteiger partial charge in [-0.2, -0.15) is 0 Å². The Hall–Kier alpha value is -1.42. The van der Waals surface area contributed by atoms with Crippen LogP contribution in [0.4, 0.5) is 4.39 Å². The maximum absolute atomic E-state index is 13.3. The van der Waals surface area contributed by atoms with Gasteiger partial charge in [0.15, 0.2) is 6.10 Å². The lowest BCUT2D eigenvalue weighted by molar-refractivity contribution is -0.150. The van der Waals surface area contributed by atoms with E-state index in [4.69, 9.17) is 5.11 Å². The van der Waals surface area contributed by atoms with Gasteiger partial charge in [0.2, 0.25) is 0 Å². The molecule has 3 nitrogen and oxygen atoms in total. The third-order valence-electron chi connectivity index (χ3n) is 2.88.